The lowest BCUT2D eigenvalue weighted by Gasteiger charge is -2.34. The number of piperidine rings is 1. The number of para-hydroxylation sites is 1. The molecule has 1 aromatic carbocycles. The Bertz CT molecular complexity index is 566. The molecule has 0 aliphatic carbocycles. The maximum absolute atomic E-state index is 5.74. The second kappa shape index (κ2) is 13.5. The van der Waals surface area contributed by atoms with E-state index in [1.165, 1.54) is 4.90 Å². The molecule has 0 amide bonds. The van der Waals surface area contributed by atoms with Gasteiger partial charge < -0.3 is 19.7 Å². The van der Waals surface area contributed by atoms with Crippen LogP contribution >= 0.6 is 35.7 Å². The molecule has 0 spiro atoms. The fourth-order valence-electron chi connectivity index (χ4n) is 3.10. The fraction of sp³-hybridized carbons (Fsp3) is 0.650. The van der Waals surface area contributed by atoms with Gasteiger partial charge in [0.05, 0.1) is 13.2 Å². The number of aliphatic imine (C=N–C) groups is 1. The van der Waals surface area contributed by atoms with Crippen molar-refractivity contribution >= 4 is 41.7 Å². The molecule has 2 rings (SSSR count). The molecule has 0 radical (unpaired) electrons. The van der Waals surface area contributed by atoms with E-state index in [9.17, 15) is 0 Å². The zero-order valence-electron chi connectivity index (χ0n) is 16.9. The Kier molecular flexibility index (Phi) is 12.2. The Morgan fingerprint density at radius 2 is 2.04 bits per heavy atom. The third-order valence-electron chi connectivity index (χ3n) is 4.56. The van der Waals surface area contributed by atoms with E-state index in [0.717, 1.165) is 56.5 Å². The van der Waals surface area contributed by atoms with Crippen molar-refractivity contribution in [1.29, 1.82) is 0 Å². The van der Waals surface area contributed by atoms with Crippen LogP contribution in [0.3, 0.4) is 0 Å². The summed E-state index contributed by atoms with van der Waals surface area (Å²) >= 11 is 1.85. The number of ether oxygens (including phenoxy) is 2. The highest BCUT2D eigenvalue weighted by atomic mass is 127. The summed E-state index contributed by atoms with van der Waals surface area (Å²) in [6.07, 6.45) is 2.56. The molecule has 1 unspecified atom stereocenters. The minimum atomic E-state index is 0. The number of nitrogens with one attached hydrogen (secondary N) is 1. The van der Waals surface area contributed by atoms with Crippen LogP contribution in [0.15, 0.2) is 34.2 Å². The molecule has 0 bridgehead atoms. The summed E-state index contributed by atoms with van der Waals surface area (Å²) in [5, 5.41) is 3.54. The van der Waals surface area contributed by atoms with Crippen LogP contribution < -0.4 is 10.1 Å². The standard InChI is InChI=1S/C20H33N3O2S.HI/c1-5-25-17-10-12-23(13-11-17)20(21-3)22-14-16(2)15-26-19-9-7-6-8-18(19)24-4;/h6-9,16-17H,5,10-15H2,1-4H3,(H,21,22);1H. The van der Waals surface area contributed by atoms with Gasteiger partial charge in [0, 0.05) is 43.9 Å². The molecule has 1 aliphatic heterocycles. The number of likely N-dealkylation sites (tertiary alicyclic amines) is 1. The maximum atomic E-state index is 5.74. The van der Waals surface area contributed by atoms with Gasteiger partial charge in [-0.1, -0.05) is 19.1 Å². The average molecular weight is 507 g/mol. The third-order valence-corrected chi connectivity index (χ3v) is 5.94. The van der Waals surface area contributed by atoms with Crippen molar-refractivity contribution in [2.24, 2.45) is 10.9 Å². The summed E-state index contributed by atoms with van der Waals surface area (Å²) < 4.78 is 11.2. The van der Waals surface area contributed by atoms with Gasteiger partial charge in [0.2, 0.25) is 0 Å². The fourth-order valence-corrected chi connectivity index (χ4v) is 4.15. The van der Waals surface area contributed by atoms with Gasteiger partial charge >= 0.3 is 0 Å². The van der Waals surface area contributed by atoms with Crippen LogP contribution in [0.1, 0.15) is 26.7 Å². The number of benzene rings is 1. The Labute approximate surface area is 185 Å². The lowest BCUT2D eigenvalue weighted by molar-refractivity contribution is 0.0263. The van der Waals surface area contributed by atoms with Crippen LogP contribution in [0, 0.1) is 5.92 Å². The monoisotopic (exact) mass is 507 g/mol. The lowest BCUT2D eigenvalue weighted by Crippen LogP contribution is -2.48. The molecule has 5 nitrogen and oxygen atoms in total. The molecule has 1 aromatic rings. The van der Waals surface area contributed by atoms with Crippen LogP contribution in [0.5, 0.6) is 5.75 Å². The maximum Gasteiger partial charge on any atom is 0.193 e. The van der Waals surface area contributed by atoms with E-state index in [-0.39, 0.29) is 24.0 Å². The van der Waals surface area contributed by atoms with Gasteiger partial charge in [-0.2, -0.15) is 0 Å². The van der Waals surface area contributed by atoms with Crippen molar-refractivity contribution in [3.63, 3.8) is 0 Å². The minimum absolute atomic E-state index is 0. The molecular weight excluding hydrogens is 473 g/mol. The van der Waals surface area contributed by atoms with Crippen molar-refractivity contribution < 1.29 is 9.47 Å². The second-order valence-corrected chi connectivity index (χ2v) is 7.70. The van der Waals surface area contributed by atoms with Crippen molar-refractivity contribution in [2.45, 2.75) is 37.7 Å². The molecule has 1 N–H and O–H groups in total. The molecule has 0 aromatic heterocycles. The van der Waals surface area contributed by atoms with Gasteiger partial charge in [-0.25, -0.2) is 0 Å². The average Bonchev–Trinajstić information content (AvgIpc) is 2.68. The first-order chi connectivity index (χ1) is 12.7. The smallest absolute Gasteiger partial charge is 0.193 e. The second-order valence-electron chi connectivity index (χ2n) is 6.64. The van der Waals surface area contributed by atoms with Crippen LogP contribution in [0.25, 0.3) is 0 Å². The Morgan fingerprint density at radius 3 is 2.67 bits per heavy atom. The van der Waals surface area contributed by atoms with E-state index < -0.39 is 0 Å². The minimum Gasteiger partial charge on any atom is -0.496 e. The van der Waals surface area contributed by atoms with Crippen molar-refractivity contribution in [3.05, 3.63) is 24.3 Å². The van der Waals surface area contributed by atoms with Crippen LogP contribution in [-0.4, -0.2) is 63.1 Å². The van der Waals surface area contributed by atoms with Gasteiger partial charge in [0.25, 0.3) is 0 Å². The number of methoxy groups -OCH3 is 1. The largest absolute Gasteiger partial charge is 0.496 e. The predicted octanol–water partition coefficient (Wildman–Crippen LogP) is 4.12. The van der Waals surface area contributed by atoms with Gasteiger partial charge in [0.15, 0.2) is 5.96 Å². The highest BCUT2D eigenvalue weighted by Crippen LogP contribution is 2.29. The van der Waals surface area contributed by atoms with Gasteiger partial charge in [-0.3, -0.25) is 4.99 Å². The first-order valence-electron chi connectivity index (χ1n) is 9.50. The Balaban J connectivity index is 0.00000364. The number of nitrogens with zero attached hydrogens (tertiary/aromatic N) is 2. The van der Waals surface area contributed by atoms with Crippen molar-refractivity contribution in [3.8, 4) is 5.75 Å². The van der Waals surface area contributed by atoms with Gasteiger partial charge in [-0.05, 0) is 37.8 Å². The van der Waals surface area contributed by atoms with E-state index in [1.807, 2.05) is 30.9 Å². The molecule has 27 heavy (non-hydrogen) atoms. The third kappa shape index (κ3) is 8.07. The highest BCUT2D eigenvalue weighted by molar-refractivity contribution is 14.0. The Hall–Kier alpha value is -0.670. The number of rotatable bonds is 8. The van der Waals surface area contributed by atoms with Crippen molar-refractivity contribution in [1.82, 2.24) is 10.2 Å². The molecule has 154 valence electrons. The van der Waals surface area contributed by atoms with Crippen molar-refractivity contribution in [2.75, 3.05) is 46.2 Å². The molecule has 1 heterocycles. The quantitative estimate of drug-likeness (QED) is 0.248. The molecule has 7 heteroatoms. The summed E-state index contributed by atoms with van der Waals surface area (Å²) in [4.78, 5) is 8.01. The number of guanidine groups is 1. The van der Waals surface area contributed by atoms with Gasteiger partial charge in [0.1, 0.15) is 5.75 Å². The summed E-state index contributed by atoms with van der Waals surface area (Å²) in [5.74, 6) is 3.53. The Morgan fingerprint density at radius 1 is 1.33 bits per heavy atom. The first-order valence-corrected chi connectivity index (χ1v) is 10.5. The predicted molar refractivity (Wildman–Crippen MR) is 126 cm³/mol. The van der Waals surface area contributed by atoms with Gasteiger partial charge in [-0.15, -0.1) is 35.7 Å². The van der Waals surface area contributed by atoms with E-state index in [1.54, 1.807) is 7.11 Å². The van der Waals surface area contributed by atoms with Crippen LogP contribution in [-0.2, 0) is 4.74 Å². The molecule has 1 fully saturated rings. The molecule has 1 atom stereocenters. The summed E-state index contributed by atoms with van der Waals surface area (Å²) in [6, 6.07) is 8.19. The molecular formula is C20H34IN3O2S. The molecule has 1 aliphatic rings. The zero-order chi connectivity index (χ0) is 18.8. The number of hydrogen-bond donors (Lipinski definition) is 1. The zero-order valence-corrected chi connectivity index (χ0v) is 20.1. The van der Waals surface area contributed by atoms with E-state index in [0.29, 0.717) is 12.0 Å². The SMILES string of the molecule is CCOC1CCN(C(=NC)NCC(C)CSc2ccccc2OC)CC1.I. The normalized spacial score (nSPS) is 16.6. The molecule has 0 saturated carbocycles. The van der Waals surface area contributed by atoms with E-state index in [4.69, 9.17) is 9.47 Å². The summed E-state index contributed by atoms with van der Waals surface area (Å²) in [7, 11) is 3.59. The van der Waals surface area contributed by atoms with E-state index >= 15 is 0 Å². The van der Waals surface area contributed by atoms with Crippen LogP contribution in [0.2, 0.25) is 0 Å². The van der Waals surface area contributed by atoms with Crippen LogP contribution in [0.4, 0.5) is 0 Å². The summed E-state index contributed by atoms with van der Waals surface area (Å²) in [5.41, 5.74) is 0. The first kappa shape index (κ1) is 24.4. The highest BCUT2D eigenvalue weighted by Gasteiger charge is 2.21. The number of hydrogen-bond acceptors (Lipinski definition) is 4. The number of halogens is 1. The summed E-state index contributed by atoms with van der Waals surface area (Å²) in [6.45, 7) is 8.07. The lowest BCUT2D eigenvalue weighted by atomic mass is 10.1. The molecule has 1 saturated heterocycles. The number of thioether (sulfide) groups is 1. The van der Waals surface area contributed by atoms with E-state index in [2.05, 4.69) is 41.2 Å². The topological polar surface area (TPSA) is 46.1 Å².